The molecule has 2 heteroatoms. The Kier molecular flexibility index (Phi) is 5.62. The van der Waals surface area contributed by atoms with Crippen LogP contribution in [-0.2, 0) is 4.74 Å². The second kappa shape index (κ2) is 7.24. The zero-order chi connectivity index (χ0) is 14.5. The van der Waals surface area contributed by atoms with E-state index in [-0.39, 0.29) is 0 Å². The van der Waals surface area contributed by atoms with Crippen molar-refractivity contribution in [1.29, 1.82) is 0 Å². The fraction of sp³-hybridized carbons (Fsp3) is 0.667. The Bertz CT molecular complexity index is 398. The second-order valence-electron chi connectivity index (χ2n) is 6.35. The number of hydrogen-bond donors (Lipinski definition) is 1. The molecule has 1 heterocycles. The normalized spacial score (nSPS) is 24.2. The molecule has 0 radical (unpaired) electrons. The van der Waals surface area contributed by atoms with E-state index in [1.54, 1.807) is 0 Å². The average molecular weight is 275 g/mol. The predicted molar refractivity (Wildman–Crippen MR) is 85.1 cm³/mol. The van der Waals surface area contributed by atoms with E-state index in [0.29, 0.717) is 24.0 Å². The van der Waals surface area contributed by atoms with Gasteiger partial charge in [0.1, 0.15) is 0 Å². The molecule has 1 aliphatic rings. The lowest BCUT2D eigenvalue weighted by Crippen LogP contribution is -2.35. The molecule has 0 aromatic heterocycles. The van der Waals surface area contributed by atoms with Gasteiger partial charge in [-0.25, -0.2) is 0 Å². The van der Waals surface area contributed by atoms with Crippen molar-refractivity contribution in [2.75, 3.05) is 13.2 Å². The van der Waals surface area contributed by atoms with Crippen LogP contribution in [0.5, 0.6) is 0 Å². The summed E-state index contributed by atoms with van der Waals surface area (Å²) in [6, 6.07) is 9.41. The van der Waals surface area contributed by atoms with Gasteiger partial charge in [-0.2, -0.15) is 0 Å². The van der Waals surface area contributed by atoms with Crippen molar-refractivity contribution in [3.05, 3.63) is 35.4 Å². The minimum absolute atomic E-state index is 0.312. The van der Waals surface area contributed by atoms with Gasteiger partial charge in [-0.15, -0.1) is 0 Å². The van der Waals surface area contributed by atoms with E-state index in [2.05, 4.69) is 57.3 Å². The van der Waals surface area contributed by atoms with Gasteiger partial charge >= 0.3 is 0 Å². The van der Waals surface area contributed by atoms with Gasteiger partial charge in [-0.3, -0.25) is 0 Å². The molecule has 112 valence electrons. The highest BCUT2D eigenvalue weighted by Crippen LogP contribution is 2.32. The van der Waals surface area contributed by atoms with Crippen LogP contribution in [0.4, 0.5) is 0 Å². The lowest BCUT2D eigenvalue weighted by Gasteiger charge is -2.28. The van der Waals surface area contributed by atoms with Crippen LogP contribution >= 0.6 is 0 Å². The lowest BCUT2D eigenvalue weighted by atomic mass is 9.91. The molecular weight excluding hydrogens is 246 g/mol. The zero-order valence-corrected chi connectivity index (χ0v) is 13.4. The summed E-state index contributed by atoms with van der Waals surface area (Å²) in [6.07, 6.45) is 2.65. The van der Waals surface area contributed by atoms with E-state index in [9.17, 15) is 0 Å². The van der Waals surface area contributed by atoms with Crippen molar-refractivity contribution < 1.29 is 4.74 Å². The van der Waals surface area contributed by atoms with Crippen LogP contribution in [0.3, 0.4) is 0 Å². The first-order valence-corrected chi connectivity index (χ1v) is 8.08. The minimum atomic E-state index is 0.312. The van der Waals surface area contributed by atoms with Crippen LogP contribution in [-0.4, -0.2) is 19.3 Å². The Morgan fingerprint density at radius 3 is 2.35 bits per heavy atom. The third kappa shape index (κ3) is 3.62. The van der Waals surface area contributed by atoms with Gasteiger partial charge in [0.25, 0.3) is 0 Å². The molecular formula is C18H29NO. The minimum Gasteiger partial charge on any atom is -0.376 e. The summed E-state index contributed by atoms with van der Waals surface area (Å²) in [6.45, 7) is 10.9. The van der Waals surface area contributed by atoms with Crippen molar-refractivity contribution in [2.45, 2.75) is 58.6 Å². The summed E-state index contributed by atoms with van der Waals surface area (Å²) in [4.78, 5) is 0. The first kappa shape index (κ1) is 15.5. The summed E-state index contributed by atoms with van der Waals surface area (Å²) >= 11 is 0. The smallest absolute Gasteiger partial charge is 0.0795 e. The Labute approximate surface area is 123 Å². The number of nitrogens with one attached hydrogen (secondary N) is 1. The van der Waals surface area contributed by atoms with Gasteiger partial charge in [0.05, 0.1) is 12.1 Å². The lowest BCUT2D eigenvalue weighted by molar-refractivity contribution is 0.0607. The van der Waals surface area contributed by atoms with Gasteiger partial charge in [-0.05, 0) is 42.3 Å². The molecule has 20 heavy (non-hydrogen) atoms. The molecule has 1 aromatic rings. The highest BCUT2D eigenvalue weighted by Gasteiger charge is 2.32. The fourth-order valence-electron chi connectivity index (χ4n) is 2.96. The number of ether oxygens (including phenoxy) is 1. The molecule has 1 aromatic carbocycles. The maximum absolute atomic E-state index is 5.99. The summed E-state index contributed by atoms with van der Waals surface area (Å²) < 4.78 is 5.99. The van der Waals surface area contributed by atoms with Gasteiger partial charge < -0.3 is 10.1 Å². The van der Waals surface area contributed by atoms with Crippen molar-refractivity contribution in [3.8, 4) is 0 Å². The van der Waals surface area contributed by atoms with Gasteiger partial charge in [0, 0.05) is 6.61 Å². The van der Waals surface area contributed by atoms with Crippen LogP contribution in [0.2, 0.25) is 0 Å². The molecule has 1 N–H and O–H groups in total. The molecule has 0 amide bonds. The van der Waals surface area contributed by atoms with E-state index < -0.39 is 0 Å². The van der Waals surface area contributed by atoms with Crippen LogP contribution < -0.4 is 5.32 Å². The molecule has 3 unspecified atom stereocenters. The average Bonchev–Trinajstić information content (AvgIpc) is 2.86. The first-order valence-electron chi connectivity index (χ1n) is 8.08. The van der Waals surface area contributed by atoms with E-state index in [4.69, 9.17) is 4.74 Å². The first-order chi connectivity index (χ1) is 9.63. The van der Waals surface area contributed by atoms with Crippen molar-refractivity contribution in [3.63, 3.8) is 0 Å². The molecule has 0 aliphatic carbocycles. The Morgan fingerprint density at radius 2 is 1.85 bits per heavy atom. The Morgan fingerprint density at radius 1 is 1.20 bits per heavy atom. The molecule has 2 rings (SSSR count). The maximum Gasteiger partial charge on any atom is 0.0795 e. The zero-order valence-electron chi connectivity index (χ0n) is 13.4. The van der Waals surface area contributed by atoms with Gasteiger partial charge in [-0.1, -0.05) is 52.0 Å². The quantitative estimate of drug-likeness (QED) is 0.837. The largest absolute Gasteiger partial charge is 0.376 e. The number of benzene rings is 1. The predicted octanol–water partition coefficient (Wildman–Crippen LogP) is 4.28. The molecule has 1 fully saturated rings. The molecule has 0 spiro atoms. The molecule has 3 atom stereocenters. The van der Waals surface area contributed by atoms with E-state index >= 15 is 0 Å². The molecule has 1 aliphatic heterocycles. The van der Waals surface area contributed by atoms with E-state index in [1.807, 2.05) is 0 Å². The van der Waals surface area contributed by atoms with Crippen LogP contribution in [0.25, 0.3) is 0 Å². The fourth-order valence-corrected chi connectivity index (χ4v) is 2.96. The Hall–Kier alpha value is -0.860. The summed E-state index contributed by atoms with van der Waals surface area (Å²) in [5.41, 5.74) is 2.77. The highest BCUT2D eigenvalue weighted by molar-refractivity contribution is 5.28. The molecule has 0 bridgehead atoms. The van der Waals surface area contributed by atoms with E-state index in [0.717, 1.165) is 19.6 Å². The Balaban J connectivity index is 2.16. The molecule has 1 saturated heterocycles. The summed E-state index contributed by atoms with van der Waals surface area (Å²) in [5.74, 6) is 1.22. The third-order valence-corrected chi connectivity index (χ3v) is 4.35. The highest BCUT2D eigenvalue weighted by atomic mass is 16.5. The summed E-state index contributed by atoms with van der Waals surface area (Å²) in [7, 11) is 0. The SMILES string of the molecule is CCCNC(c1ccc(C(C)C)cc1)C1OCCC1C. The van der Waals surface area contributed by atoms with Gasteiger partial charge in [0.2, 0.25) is 0 Å². The van der Waals surface area contributed by atoms with Crippen molar-refractivity contribution in [2.24, 2.45) is 5.92 Å². The van der Waals surface area contributed by atoms with Crippen LogP contribution in [0.15, 0.2) is 24.3 Å². The van der Waals surface area contributed by atoms with Gasteiger partial charge in [0.15, 0.2) is 0 Å². The van der Waals surface area contributed by atoms with Crippen molar-refractivity contribution in [1.82, 2.24) is 5.32 Å². The number of hydrogen-bond acceptors (Lipinski definition) is 2. The summed E-state index contributed by atoms with van der Waals surface area (Å²) in [5, 5.41) is 3.68. The standard InChI is InChI=1S/C18H29NO/c1-5-11-19-17(18-14(4)10-12-20-18)16-8-6-15(7-9-16)13(2)3/h6-9,13-14,17-19H,5,10-12H2,1-4H3. The van der Waals surface area contributed by atoms with Crippen LogP contribution in [0.1, 0.15) is 63.6 Å². The molecule has 0 saturated carbocycles. The van der Waals surface area contributed by atoms with E-state index in [1.165, 1.54) is 17.5 Å². The third-order valence-electron chi connectivity index (χ3n) is 4.35. The molecule has 2 nitrogen and oxygen atoms in total. The van der Waals surface area contributed by atoms with Crippen LogP contribution in [0, 0.1) is 5.92 Å². The van der Waals surface area contributed by atoms with Crippen molar-refractivity contribution >= 4 is 0 Å². The maximum atomic E-state index is 5.99. The monoisotopic (exact) mass is 275 g/mol. The second-order valence-corrected chi connectivity index (χ2v) is 6.35. The number of rotatable bonds is 6. The topological polar surface area (TPSA) is 21.3 Å².